The average molecular weight is 455 g/mol. The number of esters is 2. The summed E-state index contributed by atoms with van der Waals surface area (Å²) < 4.78 is 11.4. The predicted molar refractivity (Wildman–Crippen MR) is 135 cm³/mol. The fourth-order valence-electron chi connectivity index (χ4n) is 4.23. The van der Waals surface area contributed by atoms with E-state index in [1.54, 1.807) is 0 Å². The van der Waals surface area contributed by atoms with Gasteiger partial charge in [-0.1, -0.05) is 106 Å². The predicted octanol–water partition coefficient (Wildman–Crippen LogP) is 8.12. The second kappa shape index (κ2) is 20.5. The number of carbonyl (C=O) groups is 2. The van der Waals surface area contributed by atoms with Gasteiger partial charge in [0.15, 0.2) is 0 Å². The Morgan fingerprint density at radius 1 is 0.625 bits per heavy atom. The summed E-state index contributed by atoms with van der Waals surface area (Å²) in [5.41, 5.74) is 0. The Morgan fingerprint density at radius 3 is 1.50 bits per heavy atom. The van der Waals surface area contributed by atoms with Crippen LogP contribution in [0.1, 0.15) is 131 Å². The first-order chi connectivity index (χ1) is 15.4. The molecule has 0 spiro atoms. The van der Waals surface area contributed by atoms with E-state index in [1.807, 2.05) is 0 Å². The van der Waals surface area contributed by atoms with Crippen molar-refractivity contribution in [3.8, 4) is 0 Å². The van der Waals surface area contributed by atoms with E-state index >= 15 is 0 Å². The standard InChI is InChI=1S/C28H54O4/c1-7-13-16-23(10-4)19-26(28(30)32-22-25(12-6)18-15-9-3)20-27(29)31-21-24(11-5)17-14-8-2/h23-26H,7-22H2,1-6H3. The van der Waals surface area contributed by atoms with Crippen LogP contribution in [0, 0.1) is 23.7 Å². The Morgan fingerprint density at radius 2 is 1.06 bits per heavy atom. The molecule has 0 saturated heterocycles. The Kier molecular flexibility index (Phi) is 19.9. The smallest absolute Gasteiger partial charge is 0.309 e. The normalized spacial score (nSPS) is 15.1. The zero-order valence-corrected chi connectivity index (χ0v) is 22.3. The molecule has 4 heteroatoms. The van der Waals surface area contributed by atoms with E-state index in [0.29, 0.717) is 31.0 Å². The van der Waals surface area contributed by atoms with Gasteiger partial charge in [-0.25, -0.2) is 0 Å². The molecule has 0 bridgehead atoms. The summed E-state index contributed by atoms with van der Waals surface area (Å²) in [4.78, 5) is 25.6. The molecule has 0 aliphatic carbocycles. The summed E-state index contributed by atoms with van der Waals surface area (Å²) in [6.45, 7) is 14.0. The van der Waals surface area contributed by atoms with Gasteiger partial charge < -0.3 is 9.47 Å². The molecule has 0 aliphatic heterocycles. The van der Waals surface area contributed by atoms with Crippen LogP contribution >= 0.6 is 0 Å². The third-order valence-corrected chi connectivity index (χ3v) is 6.94. The van der Waals surface area contributed by atoms with E-state index in [4.69, 9.17) is 9.47 Å². The largest absolute Gasteiger partial charge is 0.465 e. The maximum atomic E-state index is 13.0. The first kappa shape index (κ1) is 30.9. The zero-order chi connectivity index (χ0) is 24.2. The molecule has 0 radical (unpaired) electrons. The van der Waals surface area contributed by atoms with Crippen molar-refractivity contribution < 1.29 is 19.1 Å². The van der Waals surface area contributed by atoms with E-state index in [-0.39, 0.29) is 24.3 Å². The van der Waals surface area contributed by atoms with Crippen LogP contribution in [0.4, 0.5) is 0 Å². The molecule has 0 aromatic heterocycles. The molecule has 32 heavy (non-hydrogen) atoms. The highest BCUT2D eigenvalue weighted by Crippen LogP contribution is 2.26. The molecule has 4 unspecified atom stereocenters. The number of hydrogen-bond donors (Lipinski definition) is 0. The minimum absolute atomic E-state index is 0.150. The summed E-state index contributed by atoms with van der Waals surface area (Å²) in [5.74, 6) is 0.452. The van der Waals surface area contributed by atoms with Crippen LogP contribution < -0.4 is 0 Å². The van der Waals surface area contributed by atoms with E-state index < -0.39 is 0 Å². The van der Waals surface area contributed by atoms with Crippen LogP contribution in [0.15, 0.2) is 0 Å². The van der Waals surface area contributed by atoms with Crippen LogP contribution in [-0.2, 0) is 19.1 Å². The molecule has 190 valence electrons. The first-order valence-corrected chi connectivity index (χ1v) is 13.8. The number of hydrogen-bond acceptors (Lipinski definition) is 4. The van der Waals surface area contributed by atoms with Gasteiger partial charge >= 0.3 is 11.9 Å². The van der Waals surface area contributed by atoms with Crippen molar-refractivity contribution in [1.29, 1.82) is 0 Å². The lowest BCUT2D eigenvalue weighted by atomic mass is 9.87. The molecule has 0 saturated carbocycles. The molecular formula is C28H54O4. The monoisotopic (exact) mass is 454 g/mol. The second-order valence-electron chi connectivity index (χ2n) is 9.70. The number of rotatable bonds is 21. The van der Waals surface area contributed by atoms with Gasteiger partial charge in [0.05, 0.1) is 25.6 Å². The first-order valence-electron chi connectivity index (χ1n) is 13.8. The van der Waals surface area contributed by atoms with Gasteiger partial charge in [-0.3, -0.25) is 9.59 Å². The van der Waals surface area contributed by atoms with Crippen molar-refractivity contribution in [3.05, 3.63) is 0 Å². The maximum Gasteiger partial charge on any atom is 0.309 e. The highest BCUT2D eigenvalue weighted by Gasteiger charge is 2.28. The molecule has 0 heterocycles. The van der Waals surface area contributed by atoms with E-state index in [9.17, 15) is 9.59 Å². The van der Waals surface area contributed by atoms with Gasteiger partial charge in [-0.2, -0.15) is 0 Å². The average Bonchev–Trinajstić information content (AvgIpc) is 2.80. The van der Waals surface area contributed by atoms with Crippen LogP contribution in [-0.4, -0.2) is 25.2 Å². The Balaban J connectivity index is 4.96. The van der Waals surface area contributed by atoms with Crippen LogP contribution in [0.2, 0.25) is 0 Å². The summed E-state index contributed by atoms with van der Waals surface area (Å²) in [7, 11) is 0. The maximum absolute atomic E-state index is 13.0. The lowest BCUT2D eigenvalue weighted by molar-refractivity contribution is -0.157. The van der Waals surface area contributed by atoms with Crippen molar-refractivity contribution in [2.45, 2.75) is 131 Å². The molecular weight excluding hydrogens is 400 g/mol. The number of unbranched alkanes of at least 4 members (excludes halogenated alkanes) is 3. The molecule has 4 atom stereocenters. The highest BCUT2D eigenvalue weighted by molar-refractivity contribution is 5.80. The molecule has 0 amide bonds. The molecule has 0 rings (SSSR count). The van der Waals surface area contributed by atoms with Crippen molar-refractivity contribution in [2.24, 2.45) is 23.7 Å². The minimum atomic E-state index is -0.385. The third kappa shape index (κ3) is 14.9. The van der Waals surface area contributed by atoms with Crippen molar-refractivity contribution >= 4 is 11.9 Å². The second-order valence-corrected chi connectivity index (χ2v) is 9.70. The lowest BCUT2D eigenvalue weighted by Crippen LogP contribution is -2.27. The van der Waals surface area contributed by atoms with Crippen molar-refractivity contribution in [1.82, 2.24) is 0 Å². The fourth-order valence-corrected chi connectivity index (χ4v) is 4.23. The van der Waals surface area contributed by atoms with Gasteiger partial charge in [0, 0.05) is 0 Å². The van der Waals surface area contributed by atoms with Gasteiger partial charge in [0.1, 0.15) is 0 Å². The molecule has 0 aromatic carbocycles. The SMILES string of the molecule is CCCCC(CC)COC(=O)CC(CC(CC)CCCC)C(=O)OCC(CC)CCCC. The van der Waals surface area contributed by atoms with E-state index in [0.717, 1.165) is 83.5 Å². The van der Waals surface area contributed by atoms with Gasteiger partial charge in [0.25, 0.3) is 0 Å². The Labute approximate surface area is 199 Å². The van der Waals surface area contributed by atoms with Crippen LogP contribution in [0.3, 0.4) is 0 Å². The Bertz CT molecular complexity index is 462. The van der Waals surface area contributed by atoms with E-state index in [2.05, 4.69) is 41.5 Å². The summed E-state index contributed by atoms with van der Waals surface area (Å²) in [6, 6.07) is 0. The fraction of sp³-hybridized carbons (Fsp3) is 0.929. The molecule has 0 aliphatic rings. The lowest BCUT2D eigenvalue weighted by Gasteiger charge is -2.23. The van der Waals surface area contributed by atoms with Gasteiger partial charge in [-0.05, 0) is 37.0 Å². The number of ether oxygens (including phenoxy) is 2. The quantitative estimate of drug-likeness (QED) is 0.164. The van der Waals surface area contributed by atoms with Crippen molar-refractivity contribution in [2.75, 3.05) is 13.2 Å². The van der Waals surface area contributed by atoms with Gasteiger partial charge in [0.2, 0.25) is 0 Å². The molecule has 4 nitrogen and oxygen atoms in total. The minimum Gasteiger partial charge on any atom is -0.465 e. The zero-order valence-electron chi connectivity index (χ0n) is 22.3. The van der Waals surface area contributed by atoms with Crippen LogP contribution in [0.25, 0.3) is 0 Å². The topological polar surface area (TPSA) is 52.6 Å². The third-order valence-electron chi connectivity index (χ3n) is 6.94. The molecule has 0 aromatic rings. The summed E-state index contributed by atoms with van der Waals surface area (Å²) >= 11 is 0. The van der Waals surface area contributed by atoms with E-state index in [1.165, 1.54) is 0 Å². The van der Waals surface area contributed by atoms with Crippen LogP contribution in [0.5, 0.6) is 0 Å². The molecule has 0 N–H and O–H groups in total. The highest BCUT2D eigenvalue weighted by atomic mass is 16.5. The van der Waals surface area contributed by atoms with Gasteiger partial charge in [-0.15, -0.1) is 0 Å². The Hall–Kier alpha value is -1.06. The summed E-state index contributed by atoms with van der Waals surface area (Å²) in [5, 5.41) is 0. The summed E-state index contributed by atoms with van der Waals surface area (Å²) in [6.07, 6.45) is 14.2. The molecule has 0 fully saturated rings. The van der Waals surface area contributed by atoms with Crippen molar-refractivity contribution in [3.63, 3.8) is 0 Å². The number of carbonyl (C=O) groups excluding carboxylic acids is 2.